The van der Waals surface area contributed by atoms with E-state index in [4.69, 9.17) is 68.5 Å². The van der Waals surface area contributed by atoms with Gasteiger partial charge in [0.25, 0.3) is 0 Å². The van der Waals surface area contributed by atoms with Crippen molar-refractivity contribution in [3.05, 3.63) is 122 Å². The Morgan fingerprint density at radius 2 is 1.17 bits per heavy atom. The summed E-state index contributed by atoms with van der Waals surface area (Å²) in [4.78, 5) is 39.5. The molecule has 3 N–H and O–H groups in total. The molecule has 15 heteroatoms. The first-order valence-corrected chi connectivity index (χ1v) is 15.2. The van der Waals surface area contributed by atoms with Gasteiger partial charge in [-0.25, -0.2) is 29.5 Å². The fourth-order valence-corrected chi connectivity index (χ4v) is 5.14. The summed E-state index contributed by atoms with van der Waals surface area (Å²) in [6, 6.07) is 21.6. The van der Waals surface area contributed by atoms with E-state index in [9.17, 15) is 9.59 Å². The number of nitrogens with one attached hydrogen (secondary N) is 1. The van der Waals surface area contributed by atoms with E-state index >= 15 is 0 Å². The molecule has 2 heterocycles. The molecule has 0 aliphatic heterocycles. The number of halogens is 5. The zero-order chi connectivity index (χ0) is 34.1. The van der Waals surface area contributed by atoms with Gasteiger partial charge in [0.1, 0.15) is 0 Å². The monoisotopic (exact) mass is 730 g/mol. The lowest BCUT2D eigenvalue weighted by Gasteiger charge is -2.11. The molecule has 0 bridgehead atoms. The minimum Gasteiger partial charge on any atom is -0.465 e. The summed E-state index contributed by atoms with van der Waals surface area (Å²) < 4.78 is 9.18. The SMILES string of the molecule is COC(=O)c1c(Cl)ccc(N)c1Cl.COC(=O)c1c(Cl)ccc(Nc2ncc3ccccc3n2)c1Cl.Clc1ncc2ccccc2n1. The fraction of sp³-hybridized carbons (Fsp3) is 0.0625. The molecular formula is C32H23Cl5N6O4. The van der Waals surface area contributed by atoms with E-state index in [0.717, 1.165) is 21.8 Å². The number of benzene rings is 4. The van der Waals surface area contributed by atoms with Crippen LogP contribution < -0.4 is 11.1 Å². The van der Waals surface area contributed by atoms with Gasteiger partial charge >= 0.3 is 11.9 Å². The number of fused-ring (bicyclic) bond motifs is 2. The molecule has 4 aromatic carbocycles. The van der Waals surface area contributed by atoms with Crippen LogP contribution in [0.5, 0.6) is 0 Å². The number of esters is 2. The van der Waals surface area contributed by atoms with Crippen LogP contribution in [0.2, 0.25) is 25.4 Å². The fourth-order valence-electron chi connectivity index (χ4n) is 3.90. The van der Waals surface area contributed by atoms with Crippen molar-refractivity contribution in [2.75, 3.05) is 25.3 Å². The van der Waals surface area contributed by atoms with Crippen molar-refractivity contribution in [3.63, 3.8) is 0 Å². The van der Waals surface area contributed by atoms with Crippen molar-refractivity contribution < 1.29 is 19.1 Å². The van der Waals surface area contributed by atoms with Crippen LogP contribution in [0.1, 0.15) is 20.7 Å². The maximum absolute atomic E-state index is 11.8. The van der Waals surface area contributed by atoms with Crippen LogP contribution in [0.15, 0.2) is 85.2 Å². The molecule has 0 spiro atoms. The van der Waals surface area contributed by atoms with Crippen LogP contribution in [-0.4, -0.2) is 46.1 Å². The molecule has 0 fully saturated rings. The van der Waals surface area contributed by atoms with Gasteiger partial charge in [-0.05, 0) is 48.0 Å². The number of rotatable bonds is 4. The second-order valence-electron chi connectivity index (χ2n) is 9.17. The Labute approximate surface area is 293 Å². The largest absolute Gasteiger partial charge is 0.465 e. The highest BCUT2D eigenvalue weighted by Gasteiger charge is 2.19. The van der Waals surface area contributed by atoms with E-state index in [-0.39, 0.29) is 31.2 Å². The number of para-hydroxylation sites is 2. The highest BCUT2D eigenvalue weighted by atomic mass is 35.5. The molecular weight excluding hydrogens is 710 g/mol. The van der Waals surface area contributed by atoms with Gasteiger partial charge < -0.3 is 20.5 Å². The molecule has 0 atom stereocenters. The maximum atomic E-state index is 11.8. The highest BCUT2D eigenvalue weighted by molar-refractivity contribution is 6.41. The number of carbonyl (C=O) groups is 2. The van der Waals surface area contributed by atoms with Gasteiger partial charge in [0.15, 0.2) is 0 Å². The molecule has 0 aliphatic rings. The molecule has 47 heavy (non-hydrogen) atoms. The zero-order valence-corrected chi connectivity index (χ0v) is 28.3. The molecule has 0 radical (unpaired) electrons. The standard InChI is InChI=1S/C16H11Cl2N3O2.C8H7Cl2NO2.C8H5ClN2/c1-23-15(22)13-10(17)6-7-12(14(13)18)21-16-19-8-9-4-2-3-5-11(9)20-16;1-13-8(12)6-4(9)2-3-5(11)7(6)10;9-8-10-5-6-3-1-2-4-7(6)11-8/h2-8H,1H3,(H,19,20,21);2-3H,11H2,1H3;1-5H. The third-order valence-corrected chi connectivity index (χ3v) is 7.80. The number of anilines is 3. The van der Waals surface area contributed by atoms with Crippen molar-refractivity contribution in [2.24, 2.45) is 0 Å². The highest BCUT2D eigenvalue weighted by Crippen LogP contribution is 2.34. The summed E-state index contributed by atoms with van der Waals surface area (Å²) >= 11 is 29.4. The van der Waals surface area contributed by atoms with Crippen LogP contribution in [0.3, 0.4) is 0 Å². The topological polar surface area (TPSA) is 142 Å². The van der Waals surface area contributed by atoms with Gasteiger partial charge in [0.05, 0.1) is 67.8 Å². The second kappa shape index (κ2) is 16.4. The summed E-state index contributed by atoms with van der Waals surface area (Å²) in [5.74, 6) is -0.839. The maximum Gasteiger partial charge on any atom is 0.340 e. The third-order valence-electron chi connectivity index (χ3n) is 6.19. The Kier molecular flexibility index (Phi) is 12.4. The lowest BCUT2D eigenvalue weighted by molar-refractivity contribution is 0.0592. The summed E-state index contributed by atoms with van der Waals surface area (Å²) in [6.07, 6.45) is 3.42. The van der Waals surface area contributed by atoms with Crippen LogP contribution >= 0.6 is 58.0 Å². The number of ether oxygens (including phenoxy) is 2. The lowest BCUT2D eigenvalue weighted by atomic mass is 10.2. The first-order chi connectivity index (χ1) is 22.5. The predicted octanol–water partition coefficient (Wildman–Crippen LogP) is 9.11. The number of hydrogen-bond acceptors (Lipinski definition) is 10. The Morgan fingerprint density at radius 1 is 0.660 bits per heavy atom. The molecule has 0 unspecified atom stereocenters. The van der Waals surface area contributed by atoms with Gasteiger partial charge in [0.2, 0.25) is 11.2 Å². The number of aromatic nitrogens is 4. The normalized spacial score (nSPS) is 10.3. The average molecular weight is 733 g/mol. The van der Waals surface area contributed by atoms with Crippen molar-refractivity contribution in [2.45, 2.75) is 0 Å². The minimum absolute atomic E-state index is 0.0987. The number of nitrogen functional groups attached to an aromatic ring is 1. The summed E-state index contributed by atoms with van der Waals surface area (Å²) in [7, 11) is 2.51. The first kappa shape index (κ1) is 35.4. The van der Waals surface area contributed by atoms with Crippen LogP contribution in [-0.2, 0) is 9.47 Å². The van der Waals surface area contributed by atoms with E-state index < -0.39 is 11.9 Å². The molecule has 0 aliphatic carbocycles. The van der Waals surface area contributed by atoms with Crippen molar-refractivity contribution in [1.82, 2.24) is 19.9 Å². The Balaban J connectivity index is 0.000000176. The molecule has 6 aromatic rings. The van der Waals surface area contributed by atoms with Gasteiger partial charge in [-0.2, -0.15) is 0 Å². The molecule has 0 amide bonds. The summed E-state index contributed by atoms with van der Waals surface area (Å²) in [5, 5.41) is 5.94. The molecule has 10 nitrogen and oxygen atoms in total. The molecule has 6 rings (SSSR count). The van der Waals surface area contributed by atoms with Crippen molar-refractivity contribution in [1.29, 1.82) is 0 Å². The lowest BCUT2D eigenvalue weighted by Crippen LogP contribution is -2.06. The van der Waals surface area contributed by atoms with E-state index in [1.54, 1.807) is 24.5 Å². The van der Waals surface area contributed by atoms with Crippen LogP contribution in [0.4, 0.5) is 17.3 Å². The number of nitrogens with two attached hydrogens (primary N) is 1. The third kappa shape index (κ3) is 8.88. The molecule has 0 saturated heterocycles. The smallest absolute Gasteiger partial charge is 0.340 e. The number of hydrogen-bond donors (Lipinski definition) is 2. The summed E-state index contributed by atoms with van der Waals surface area (Å²) in [5.41, 5.74) is 8.12. The van der Waals surface area contributed by atoms with Crippen molar-refractivity contribution >= 4 is 109 Å². The van der Waals surface area contributed by atoms with E-state index in [0.29, 0.717) is 22.6 Å². The Bertz CT molecular complexity index is 2080. The second-order valence-corrected chi connectivity index (χ2v) is 11.1. The Hall–Kier alpha value is -4.45. The van der Waals surface area contributed by atoms with Gasteiger partial charge in [-0.3, -0.25) is 0 Å². The zero-order valence-electron chi connectivity index (χ0n) is 24.5. The van der Waals surface area contributed by atoms with E-state index in [1.807, 2.05) is 48.5 Å². The van der Waals surface area contributed by atoms with Crippen LogP contribution in [0.25, 0.3) is 21.8 Å². The van der Waals surface area contributed by atoms with Crippen molar-refractivity contribution in [3.8, 4) is 0 Å². The molecule has 2 aromatic heterocycles. The number of methoxy groups -OCH3 is 2. The van der Waals surface area contributed by atoms with Gasteiger partial charge in [-0.15, -0.1) is 0 Å². The van der Waals surface area contributed by atoms with E-state index in [2.05, 4.69) is 30.0 Å². The first-order valence-electron chi connectivity index (χ1n) is 13.3. The van der Waals surface area contributed by atoms with E-state index in [1.165, 1.54) is 26.4 Å². The molecule has 240 valence electrons. The predicted molar refractivity (Wildman–Crippen MR) is 187 cm³/mol. The van der Waals surface area contributed by atoms with Gasteiger partial charge in [-0.1, -0.05) is 82.8 Å². The number of nitrogens with zero attached hydrogens (tertiary/aromatic N) is 4. The van der Waals surface area contributed by atoms with Gasteiger partial charge in [0, 0.05) is 23.2 Å². The van der Waals surface area contributed by atoms with Crippen LogP contribution in [0, 0.1) is 0 Å². The molecule has 0 saturated carbocycles. The Morgan fingerprint density at radius 3 is 1.77 bits per heavy atom. The summed E-state index contributed by atoms with van der Waals surface area (Å²) in [6.45, 7) is 0. The minimum atomic E-state index is -0.608. The number of carbonyl (C=O) groups excluding carboxylic acids is 2. The quantitative estimate of drug-likeness (QED) is 0.102. The average Bonchev–Trinajstić information content (AvgIpc) is 3.08.